The van der Waals surface area contributed by atoms with Crippen molar-refractivity contribution in [3.63, 3.8) is 0 Å². The van der Waals surface area contributed by atoms with Crippen LogP contribution in [-0.2, 0) is 0 Å². The van der Waals surface area contributed by atoms with E-state index < -0.39 is 5.91 Å². The number of nitrogens with two attached hydrogens (primary N) is 1. The quantitative estimate of drug-likeness (QED) is 0.859. The lowest BCUT2D eigenvalue weighted by molar-refractivity contribution is 0.0999. The molecule has 0 heterocycles. The van der Waals surface area contributed by atoms with Crippen molar-refractivity contribution in [1.29, 1.82) is 5.26 Å². The second-order valence-electron chi connectivity index (χ2n) is 4.16. The predicted octanol–water partition coefficient (Wildman–Crippen LogP) is 2.34. The summed E-state index contributed by atoms with van der Waals surface area (Å²) in [7, 11) is 0. The summed E-state index contributed by atoms with van der Waals surface area (Å²) in [6.45, 7) is 1.76. The monoisotopic (exact) mass is 252 g/mol. The van der Waals surface area contributed by atoms with Crippen LogP contribution in [0.25, 0.3) is 11.1 Å². The first-order chi connectivity index (χ1) is 9.06. The summed E-state index contributed by atoms with van der Waals surface area (Å²) in [6.07, 6.45) is 0. The Kier molecular flexibility index (Phi) is 3.21. The molecule has 4 nitrogen and oxygen atoms in total. The molecule has 0 fully saturated rings. The van der Waals surface area contributed by atoms with Gasteiger partial charge < -0.3 is 10.8 Å². The number of aromatic hydroxyl groups is 1. The number of carbonyl (C=O) groups is 1. The molecule has 0 radical (unpaired) electrons. The lowest BCUT2D eigenvalue weighted by Crippen LogP contribution is -2.12. The summed E-state index contributed by atoms with van der Waals surface area (Å²) >= 11 is 0. The van der Waals surface area contributed by atoms with E-state index >= 15 is 0 Å². The zero-order valence-corrected chi connectivity index (χ0v) is 10.3. The van der Waals surface area contributed by atoms with Crippen molar-refractivity contribution < 1.29 is 9.90 Å². The number of para-hydroxylation sites is 1. The van der Waals surface area contributed by atoms with Crippen LogP contribution in [-0.4, -0.2) is 11.0 Å². The number of nitriles is 1. The number of amides is 1. The molecular weight excluding hydrogens is 240 g/mol. The van der Waals surface area contributed by atoms with Crippen molar-refractivity contribution in [2.45, 2.75) is 6.92 Å². The molecule has 94 valence electrons. The largest absolute Gasteiger partial charge is 0.506 e. The molecule has 0 unspecified atom stereocenters. The molecule has 4 heteroatoms. The standard InChI is InChI=1S/C15H12N2O2/c1-9-11(5-3-6-12(9)15(17)19)13-7-2-4-10(8-16)14(13)18/h2-7,18H,1H3,(H2,17,19). The highest BCUT2D eigenvalue weighted by Crippen LogP contribution is 2.34. The molecule has 0 saturated carbocycles. The van der Waals surface area contributed by atoms with Crippen molar-refractivity contribution in [3.05, 3.63) is 53.1 Å². The first-order valence-electron chi connectivity index (χ1n) is 5.68. The van der Waals surface area contributed by atoms with Gasteiger partial charge in [-0.15, -0.1) is 0 Å². The van der Waals surface area contributed by atoms with E-state index in [-0.39, 0.29) is 11.3 Å². The van der Waals surface area contributed by atoms with Crippen LogP contribution < -0.4 is 5.73 Å². The Labute approximate surface area is 110 Å². The third-order valence-electron chi connectivity index (χ3n) is 3.05. The van der Waals surface area contributed by atoms with Gasteiger partial charge in [-0.1, -0.05) is 24.3 Å². The highest BCUT2D eigenvalue weighted by atomic mass is 16.3. The maximum atomic E-state index is 11.3. The van der Waals surface area contributed by atoms with Crippen LogP contribution in [0.4, 0.5) is 0 Å². The van der Waals surface area contributed by atoms with Crippen molar-refractivity contribution in [3.8, 4) is 22.9 Å². The Morgan fingerprint density at radius 1 is 1.21 bits per heavy atom. The minimum absolute atomic E-state index is 0.0882. The van der Waals surface area contributed by atoms with E-state index in [4.69, 9.17) is 11.0 Å². The molecule has 0 saturated heterocycles. The highest BCUT2D eigenvalue weighted by Gasteiger charge is 2.14. The smallest absolute Gasteiger partial charge is 0.248 e. The Morgan fingerprint density at radius 3 is 2.47 bits per heavy atom. The maximum Gasteiger partial charge on any atom is 0.248 e. The second kappa shape index (κ2) is 4.83. The van der Waals surface area contributed by atoms with E-state index in [2.05, 4.69) is 0 Å². The van der Waals surface area contributed by atoms with Gasteiger partial charge in [0.05, 0.1) is 5.56 Å². The third-order valence-corrected chi connectivity index (χ3v) is 3.05. The van der Waals surface area contributed by atoms with Gasteiger partial charge in [0, 0.05) is 11.1 Å². The summed E-state index contributed by atoms with van der Waals surface area (Å²) < 4.78 is 0. The molecule has 1 amide bonds. The van der Waals surface area contributed by atoms with Gasteiger partial charge in [-0.3, -0.25) is 4.79 Å². The fourth-order valence-electron chi connectivity index (χ4n) is 2.05. The van der Waals surface area contributed by atoms with E-state index in [9.17, 15) is 9.90 Å². The molecule has 0 atom stereocenters. The number of phenolic OH excluding ortho intramolecular Hbond substituents is 1. The first kappa shape index (κ1) is 12.7. The van der Waals surface area contributed by atoms with Crippen LogP contribution in [0.5, 0.6) is 5.75 Å². The van der Waals surface area contributed by atoms with Crippen molar-refractivity contribution in [2.75, 3.05) is 0 Å². The van der Waals surface area contributed by atoms with Gasteiger partial charge in [-0.05, 0) is 30.2 Å². The molecule has 2 aromatic rings. The average Bonchev–Trinajstić information content (AvgIpc) is 2.39. The van der Waals surface area contributed by atoms with Gasteiger partial charge in [0.15, 0.2) is 0 Å². The van der Waals surface area contributed by atoms with E-state index in [0.717, 1.165) is 0 Å². The summed E-state index contributed by atoms with van der Waals surface area (Å²) in [5, 5.41) is 19.0. The summed E-state index contributed by atoms with van der Waals surface area (Å²) in [5.74, 6) is -0.606. The fraction of sp³-hybridized carbons (Fsp3) is 0.0667. The van der Waals surface area contributed by atoms with Gasteiger partial charge in [0.1, 0.15) is 11.8 Å². The molecule has 3 N–H and O–H groups in total. The Balaban J connectivity index is 2.71. The topological polar surface area (TPSA) is 87.1 Å². The Hall–Kier alpha value is -2.80. The van der Waals surface area contributed by atoms with Gasteiger partial charge >= 0.3 is 0 Å². The molecule has 19 heavy (non-hydrogen) atoms. The Bertz CT molecular complexity index is 700. The minimum Gasteiger partial charge on any atom is -0.506 e. The highest BCUT2D eigenvalue weighted by molar-refractivity contribution is 5.96. The Morgan fingerprint density at radius 2 is 1.84 bits per heavy atom. The molecule has 0 aromatic heterocycles. The van der Waals surface area contributed by atoms with Crippen molar-refractivity contribution in [2.24, 2.45) is 5.73 Å². The molecular formula is C15H12N2O2. The molecule has 0 bridgehead atoms. The maximum absolute atomic E-state index is 11.3. The molecule has 0 aliphatic rings. The zero-order chi connectivity index (χ0) is 14.0. The lowest BCUT2D eigenvalue weighted by Gasteiger charge is -2.11. The zero-order valence-electron chi connectivity index (χ0n) is 10.3. The average molecular weight is 252 g/mol. The SMILES string of the molecule is Cc1c(C(N)=O)cccc1-c1cccc(C#N)c1O. The third kappa shape index (κ3) is 2.14. The van der Waals surface area contributed by atoms with Crippen LogP contribution in [0.1, 0.15) is 21.5 Å². The van der Waals surface area contributed by atoms with Gasteiger partial charge in [0.2, 0.25) is 5.91 Å². The molecule has 2 rings (SSSR count). The molecule has 0 aliphatic heterocycles. The van der Waals surface area contributed by atoms with Gasteiger partial charge in [0.25, 0.3) is 0 Å². The summed E-state index contributed by atoms with van der Waals surface area (Å²) in [6, 6.07) is 11.9. The number of nitrogens with zero attached hydrogens (tertiary/aromatic N) is 1. The van der Waals surface area contributed by atoms with E-state index in [1.54, 1.807) is 37.3 Å². The van der Waals surface area contributed by atoms with Crippen LogP contribution in [0, 0.1) is 18.3 Å². The van der Waals surface area contributed by atoms with Crippen molar-refractivity contribution >= 4 is 5.91 Å². The lowest BCUT2D eigenvalue weighted by atomic mass is 9.94. The van der Waals surface area contributed by atoms with Gasteiger partial charge in [-0.2, -0.15) is 5.26 Å². The van der Waals surface area contributed by atoms with Crippen LogP contribution in [0.15, 0.2) is 36.4 Å². The number of phenols is 1. The van der Waals surface area contributed by atoms with Crippen LogP contribution >= 0.6 is 0 Å². The van der Waals surface area contributed by atoms with E-state index in [1.165, 1.54) is 6.07 Å². The molecule has 0 spiro atoms. The predicted molar refractivity (Wildman–Crippen MR) is 71.5 cm³/mol. The number of benzene rings is 2. The molecule has 0 aliphatic carbocycles. The second-order valence-corrected chi connectivity index (χ2v) is 4.16. The first-order valence-corrected chi connectivity index (χ1v) is 5.68. The van der Waals surface area contributed by atoms with Crippen LogP contribution in [0.2, 0.25) is 0 Å². The number of hydrogen-bond donors (Lipinski definition) is 2. The number of rotatable bonds is 2. The number of carbonyl (C=O) groups excluding carboxylic acids is 1. The van der Waals surface area contributed by atoms with Crippen LogP contribution in [0.3, 0.4) is 0 Å². The normalized spacial score (nSPS) is 9.89. The van der Waals surface area contributed by atoms with E-state index in [1.807, 2.05) is 6.07 Å². The van der Waals surface area contributed by atoms with E-state index in [0.29, 0.717) is 22.3 Å². The molecule has 2 aromatic carbocycles. The summed E-state index contributed by atoms with van der Waals surface area (Å²) in [5.41, 5.74) is 7.78. The minimum atomic E-state index is -0.518. The van der Waals surface area contributed by atoms with Gasteiger partial charge in [-0.25, -0.2) is 0 Å². The summed E-state index contributed by atoms with van der Waals surface area (Å²) in [4.78, 5) is 11.3. The number of primary amides is 1. The van der Waals surface area contributed by atoms with Crippen molar-refractivity contribution in [1.82, 2.24) is 0 Å². The fourth-order valence-corrected chi connectivity index (χ4v) is 2.05. The number of hydrogen-bond acceptors (Lipinski definition) is 3.